The Kier molecular flexibility index (Phi) is 3.45. The van der Waals surface area contributed by atoms with E-state index in [0.717, 1.165) is 0 Å². The first kappa shape index (κ1) is 12.5. The van der Waals surface area contributed by atoms with E-state index in [4.69, 9.17) is 32.3 Å². The van der Waals surface area contributed by atoms with Crippen molar-refractivity contribution < 1.29 is 20.5 Å². The SMILES string of the molecule is [2H]C([2H])([2H])Oc1ccc2c(c1)C(c1ccc(Cl)cc1)=N[C@@H](CC(=O)NC([2H])([2H])C([2H])([2H])[2H])c1nnc(C)n1-2. The molecule has 0 saturated carbocycles. The van der Waals surface area contributed by atoms with Crippen molar-refractivity contribution in [1.29, 1.82) is 0 Å². The van der Waals surface area contributed by atoms with Gasteiger partial charge in [-0.2, -0.15) is 0 Å². The van der Waals surface area contributed by atoms with Crippen molar-refractivity contribution in [3.8, 4) is 11.4 Å². The monoisotopic (exact) mass is 431 g/mol. The lowest BCUT2D eigenvalue weighted by Gasteiger charge is -2.14. The number of hydrogen-bond donors (Lipinski definition) is 1. The van der Waals surface area contributed by atoms with Gasteiger partial charge in [-0.3, -0.25) is 14.4 Å². The van der Waals surface area contributed by atoms with Gasteiger partial charge in [-0.05, 0) is 44.1 Å². The Labute approximate surface area is 191 Å². The van der Waals surface area contributed by atoms with Gasteiger partial charge >= 0.3 is 0 Å². The van der Waals surface area contributed by atoms with Crippen molar-refractivity contribution in [2.24, 2.45) is 4.99 Å². The molecule has 0 spiro atoms. The molecule has 8 heteroatoms. The molecule has 1 amide bonds. The van der Waals surface area contributed by atoms with E-state index in [9.17, 15) is 4.79 Å². The molecule has 7 nitrogen and oxygen atoms in total. The third kappa shape index (κ3) is 3.68. The van der Waals surface area contributed by atoms with E-state index < -0.39 is 38.8 Å². The molecule has 0 unspecified atom stereocenters. The lowest BCUT2D eigenvalue weighted by Crippen LogP contribution is -2.25. The van der Waals surface area contributed by atoms with Crippen molar-refractivity contribution in [1.82, 2.24) is 20.1 Å². The van der Waals surface area contributed by atoms with Crippen LogP contribution in [0.25, 0.3) is 5.69 Å². The van der Waals surface area contributed by atoms with Crippen LogP contribution >= 0.6 is 11.6 Å². The number of fused-ring (bicyclic) bond motifs is 3. The highest BCUT2D eigenvalue weighted by atomic mass is 35.5. The van der Waals surface area contributed by atoms with Gasteiger partial charge in [0.1, 0.15) is 17.6 Å². The van der Waals surface area contributed by atoms with Crippen molar-refractivity contribution in [3.05, 3.63) is 70.3 Å². The number of carbonyl (C=O) groups excluding carboxylic acids is 1. The molecule has 3 aromatic rings. The van der Waals surface area contributed by atoms with Gasteiger partial charge in [0.05, 0.1) is 29.0 Å². The minimum Gasteiger partial charge on any atom is -0.497 e. The van der Waals surface area contributed by atoms with Crippen molar-refractivity contribution >= 4 is 23.2 Å². The summed E-state index contributed by atoms with van der Waals surface area (Å²) >= 11 is 6.07. The fraction of sp³-hybridized carbons (Fsp3) is 0.273. The predicted molar refractivity (Wildman–Crippen MR) is 116 cm³/mol. The van der Waals surface area contributed by atoms with E-state index in [1.165, 1.54) is 12.1 Å². The Morgan fingerprint density at radius 2 is 2.13 bits per heavy atom. The van der Waals surface area contributed by atoms with Gasteiger partial charge in [-0.25, -0.2) is 0 Å². The molecule has 1 N–H and O–H groups in total. The van der Waals surface area contributed by atoms with Gasteiger partial charge in [0.25, 0.3) is 0 Å². The summed E-state index contributed by atoms with van der Waals surface area (Å²) in [7, 11) is -2.70. The molecular weight excluding hydrogens is 402 g/mol. The summed E-state index contributed by atoms with van der Waals surface area (Å²) in [6.45, 7) is -4.37. The predicted octanol–water partition coefficient (Wildman–Crippen LogP) is 3.66. The molecule has 0 aliphatic carbocycles. The number of amides is 1. The second-order valence-electron chi connectivity index (χ2n) is 6.60. The summed E-state index contributed by atoms with van der Waals surface area (Å²) in [6, 6.07) is 10.3. The summed E-state index contributed by atoms with van der Waals surface area (Å²) in [5, 5.41) is 10.7. The molecule has 1 aromatic heterocycles. The number of hydrogen-bond acceptors (Lipinski definition) is 5. The van der Waals surface area contributed by atoms with Crippen LogP contribution in [-0.4, -0.2) is 39.9 Å². The number of carbonyl (C=O) groups is 1. The van der Waals surface area contributed by atoms with Gasteiger partial charge in [0.15, 0.2) is 5.82 Å². The molecular formula is C22H22ClN5O2. The summed E-state index contributed by atoms with van der Waals surface area (Å²) in [5.74, 6) is -0.150. The average Bonchev–Trinajstić information content (AvgIpc) is 3.10. The maximum atomic E-state index is 12.8. The smallest absolute Gasteiger partial charge is 0.222 e. The zero-order valence-electron chi connectivity index (χ0n) is 23.8. The third-order valence-corrected chi connectivity index (χ3v) is 4.97. The first-order chi connectivity index (χ1) is 17.6. The Morgan fingerprint density at radius 3 is 2.90 bits per heavy atom. The van der Waals surface area contributed by atoms with Gasteiger partial charge < -0.3 is 10.1 Å². The first-order valence-electron chi connectivity index (χ1n) is 13.0. The number of benzene rings is 2. The number of aryl methyl sites for hydroxylation is 1. The van der Waals surface area contributed by atoms with Crippen LogP contribution in [0.2, 0.25) is 5.02 Å². The molecule has 30 heavy (non-hydrogen) atoms. The number of ether oxygens (including phenoxy) is 1. The van der Waals surface area contributed by atoms with Crippen LogP contribution in [-0.2, 0) is 4.79 Å². The Morgan fingerprint density at radius 1 is 1.30 bits per heavy atom. The normalized spacial score (nSPS) is 20.2. The van der Waals surface area contributed by atoms with E-state index in [2.05, 4.69) is 10.2 Å². The van der Waals surface area contributed by atoms with E-state index in [1.54, 1.807) is 41.8 Å². The highest BCUT2D eigenvalue weighted by molar-refractivity contribution is 6.30. The number of aliphatic imine (C=N–C) groups is 1. The number of nitrogens with zero attached hydrogens (tertiary/aromatic N) is 4. The quantitative estimate of drug-likeness (QED) is 0.668. The highest BCUT2D eigenvalue weighted by Crippen LogP contribution is 2.34. The first-order valence-corrected chi connectivity index (χ1v) is 9.34. The zero-order valence-corrected chi connectivity index (χ0v) is 16.6. The Balaban J connectivity index is 1.87. The molecule has 1 atom stereocenters. The molecule has 2 aromatic carbocycles. The van der Waals surface area contributed by atoms with Crippen LogP contribution in [0.1, 0.15) is 53.1 Å². The summed E-state index contributed by atoms with van der Waals surface area (Å²) in [6.07, 6.45) is -0.447. The molecule has 0 fully saturated rings. The van der Waals surface area contributed by atoms with Gasteiger partial charge in [0.2, 0.25) is 5.91 Å². The molecule has 0 bridgehead atoms. The molecule has 1 aliphatic rings. The lowest BCUT2D eigenvalue weighted by atomic mass is 10.00. The van der Waals surface area contributed by atoms with Crippen molar-refractivity contribution in [3.63, 3.8) is 0 Å². The zero-order chi connectivity index (χ0) is 28.0. The molecule has 1 aliphatic heterocycles. The molecule has 4 rings (SSSR count). The van der Waals surface area contributed by atoms with Crippen LogP contribution in [0.15, 0.2) is 47.5 Å². The largest absolute Gasteiger partial charge is 0.497 e. The van der Waals surface area contributed by atoms with Crippen molar-refractivity contribution in [2.45, 2.75) is 26.2 Å². The number of aromatic nitrogens is 3. The average molecular weight is 432 g/mol. The fourth-order valence-electron chi connectivity index (χ4n) is 3.41. The van der Waals surface area contributed by atoms with Gasteiger partial charge in [-0.15, -0.1) is 10.2 Å². The van der Waals surface area contributed by atoms with Gasteiger partial charge in [-0.1, -0.05) is 23.7 Å². The lowest BCUT2D eigenvalue weighted by molar-refractivity contribution is -0.121. The summed E-state index contributed by atoms with van der Waals surface area (Å²) in [4.78, 5) is 17.6. The highest BCUT2D eigenvalue weighted by Gasteiger charge is 2.29. The Bertz CT molecular complexity index is 1400. The number of halogens is 1. The maximum absolute atomic E-state index is 12.8. The van der Waals surface area contributed by atoms with E-state index in [-0.39, 0.29) is 11.6 Å². The number of nitrogens with one attached hydrogen (secondary N) is 1. The van der Waals surface area contributed by atoms with Crippen LogP contribution in [0.4, 0.5) is 0 Å². The van der Waals surface area contributed by atoms with Crippen LogP contribution < -0.4 is 10.1 Å². The summed E-state index contributed by atoms with van der Waals surface area (Å²) in [5.41, 5.74) is 1.93. The maximum Gasteiger partial charge on any atom is 0.222 e. The minimum absolute atomic E-state index is 0.0553. The van der Waals surface area contributed by atoms with E-state index >= 15 is 0 Å². The number of methoxy groups -OCH3 is 1. The standard InChI is InChI=1S/C22H22ClN5O2/c1-4-24-20(29)12-18-22-27-26-13(2)28(22)19-10-9-16(30-3)11-17(19)21(25-18)14-5-7-15(23)8-6-14/h5-11,18H,4,12H2,1-3H3,(H,24,29)/t18-/m0/s1/i1D3,3D3,4D2. The fourth-order valence-corrected chi connectivity index (χ4v) is 3.54. The second kappa shape index (κ2) is 8.28. The summed E-state index contributed by atoms with van der Waals surface area (Å²) < 4.78 is 66.7. The molecule has 0 radical (unpaired) electrons. The molecule has 2 heterocycles. The minimum atomic E-state index is -3.09. The third-order valence-electron chi connectivity index (χ3n) is 4.71. The molecule has 0 saturated heterocycles. The Hall–Kier alpha value is -3.19. The van der Waals surface area contributed by atoms with Crippen LogP contribution in [0.3, 0.4) is 0 Å². The van der Waals surface area contributed by atoms with E-state index in [1.807, 2.05) is 5.32 Å². The second-order valence-corrected chi connectivity index (χ2v) is 7.04. The van der Waals surface area contributed by atoms with Crippen LogP contribution in [0.5, 0.6) is 5.75 Å². The van der Waals surface area contributed by atoms with Gasteiger partial charge in [0, 0.05) is 29.5 Å². The van der Waals surface area contributed by atoms with Crippen LogP contribution in [0, 0.1) is 6.92 Å². The van der Waals surface area contributed by atoms with E-state index in [0.29, 0.717) is 33.4 Å². The number of rotatable bonds is 5. The molecule has 154 valence electrons. The van der Waals surface area contributed by atoms with Crippen molar-refractivity contribution in [2.75, 3.05) is 13.5 Å². The topological polar surface area (TPSA) is 81.4 Å².